The number of nitrogens with zero attached hydrogens (tertiary/aromatic N) is 2. The fourth-order valence-electron chi connectivity index (χ4n) is 4.89. The van der Waals surface area contributed by atoms with E-state index in [0.717, 1.165) is 43.6 Å². The van der Waals surface area contributed by atoms with E-state index in [-0.39, 0.29) is 5.92 Å². The molecule has 1 aromatic carbocycles. The van der Waals surface area contributed by atoms with Crippen LogP contribution in [0, 0.1) is 5.92 Å². The van der Waals surface area contributed by atoms with Crippen LogP contribution in [0.15, 0.2) is 48.7 Å². The first-order chi connectivity index (χ1) is 12.2. The maximum absolute atomic E-state index is 11.7. The number of hydrogen-bond acceptors (Lipinski definition) is 3. The summed E-state index contributed by atoms with van der Waals surface area (Å²) in [6.07, 6.45) is 8.45. The van der Waals surface area contributed by atoms with Crippen molar-refractivity contribution in [3.8, 4) is 0 Å². The van der Waals surface area contributed by atoms with Crippen molar-refractivity contribution >= 4 is 5.82 Å². The normalized spacial score (nSPS) is 29.3. The van der Waals surface area contributed by atoms with E-state index in [1.807, 2.05) is 24.4 Å². The minimum Gasteiger partial charge on any atom is -0.385 e. The molecule has 2 aromatic rings. The minimum atomic E-state index is -0.703. The van der Waals surface area contributed by atoms with E-state index in [0.29, 0.717) is 6.04 Å². The van der Waals surface area contributed by atoms with Gasteiger partial charge in [0.1, 0.15) is 5.82 Å². The molecule has 1 saturated carbocycles. The van der Waals surface area contributed by atoms with E-state index in [2.05, 4.69) is 41.1 Å². The van der Waals surface area contributed by atoms with E-state index in [1.54, 1.807) is 0 Å². The molecule has 3 heteroatoms. The fraction of sp³-hybridized carbons (Fsp3) is 0.500. The summed E-state index contributed by atoms with van der Waals surface area (Å²) in [7, 11) is 0. The van der Waals surface area contributed by atoms with Crippen LogP contribution in [0.5, 0.6) is 0 Å². The summed E-state index contributed by atoms with van der Waals surface area (Å²) in [5.74, 6) is 1.37. The molecule has 1 saturated heterocycles. The molecule has 2 aliphatic rings. The van der Waals surface area contributed by atoms with Crippen molar-refractivity contribution in [3.63, 3.8) is 0 Å². The maximum atomic E-state index is 11.7. The molecule has 1 aromatic heterocycles. The molecule has 1 aliphatic carbocycles. The first kappa shape index (κ1) is 16.6. The third kappa shape index (κ3) is 2.95. The van der Waals surface area contributed by atoms with Crippen LogP contribution in [0.25, 0.3) is 0 Å². The van der Waals surface area contributed by atoms with Crippen molar-refractivity contribution in [1.29, 1.82) is 0 Å². The van der Waals surface area contributed by atoms with Gasteiger partial charge in [-0.1, -0.05) is 50.1 Å². The highest BCUT2D eigenvalue weighted by Gasteiger charge is 2.49. The largest absolute Gasteiger partial charge is 0.385 e. The van der Waals surface area contributed by atoms with Gasteiger partial charge in [-0.25, -0.2) is 4.98 Å². The first-order valence-corrected chi connectivity index (χ1v) is 9.72. The number of piperidine rings is 1. The fourth-order valence-corrected chi connectivity index (χ4v) is 4.89. The van der Waals surface area contributed by atoms with E-state index in [1.165, 1.54) is 18.4 Å². The van der Waals surface area contributed by atoms with E-state index in [9.17, 15) is 5.11 Å². The zero-order chi connectivity index (χ0) is 17.3. The second-order valence-corrected chi connectivity index (χ2v) is 7.57. The van der Waals surface area contributed by atoms with E-state index in [4.69, 9.17) is 0 Å². The Bertz CT molecular complexity index is 717. The summed E-state index contributed by atoms with van der Waals surface area (Å²) in [6, 6.07) is 15.0. The monoisotopic (exact) mass is 336 g/mol. The minimum absolute atomic E-state index is 0.282. The van der Waals surface area contributed by atoms with Crippen LogP contribution >= 0.6 is 0 Å². The molecule has 2 fully saturated rings. The van der Waals surface area contributed by atoms with Crippen LogP contribution < -0.4 is 4.90 Å². The Morgan fingerprint density at radius 1 is 1.16 bits per heavy atom. The second-order valence-electron chi connectivity index (χ2n) is 7.57. The summed E-state index contributed by atoms with van der Waals surface area (Å²) >= 11 is 0. The maximum Gasteiger partial charge on any atom is 0.128 e. The van der Waals surface area contributed by atoms with Crippen LogP contribution in [0.3, 0.4) is 0 Å². The standard InChI is InChI=1S/C22H28N2O/c1-2-17-12-14-23-21(16-17)24-15-13-22(25,18-8-4-3-5-9-18)19-10-6-7-11-20(19)24/h3-5,8-9,12,14,16,19-20,25H,2,6-7,10-11,13,15H2,1H3/t19-,20+,22-/m0/s1. The number of fused-ring (bicyclic) bond motifs is 1. The smallest absolute Gasteiger partial charge is 0.128 e. The highest BCUT2D eigenvalue weighted by Crippen LogP contribution is 2.47. The van der Waals surface area contributed by atoms with Gasteiger partial charge in [-0.15, -0.1) is 0 Å². The first-order valence-electron chi connectivity index (χ1n) is 9.72. The molecular weight excluding hydrogens is 308 g/mol. The molecule has 2 heterocycles. The van der Waals surface area contributed by atoms with Crippen molar-refractivity contribution in [2.24, 2.45) is 5.92 Å². The number of aliphatic hydroxyl groups is 1. The zero-order valence-corrected chi connectivity index (χ0v) is 15.1. The quantitative estimate of drug-likeness (QED) is 0.908. The van der Waals surface area contributed by atoms with Gasteiger partial charge >= 0.3 is 0 Å². The molecular formula is C22H28N2O. The molecule has 0 amide bonds. The van der Waals surface area contributed by atoms with Crippen LogP contribution in [0.2, 0.25) is 0 Å². The molecule has 132 valence electrons. The highest BCUT2D eigenvalue weighted by molar-refractivity contribution is 5.44. The average molecular weight is 336 g/mol. The van der Waals surface area contributed by atoms with Crippen LogP contribution in [-0.2, 0) is 12.0 Å². The van der Waals surface area contributed by atoms with Crippen molar-refractivity contribution in [2.75, 3.05) is 11.4 Å². The molecule has 0 bridgehead atoms. The van der Waals surface area contributed by atoms with Gasteiger partial charge in [0.05, 0.1) is 5.60 Å². The number of rotatable bonds is 3. The summed E-state index contributed by atoms with van der Waals surface area (Å²) < 4.78 is 0. The lowest BCUT2D eigenvalue weighted by Crippen LogP contribution is -2.57. The lowest BCUT2D eigenvalue weighted by atomic mass is 9.66. The van der Waals surface area contributed by atoms with Crippen molar-refractivity contribution in [2.45, 2.75) is 57.1 Å². The van der Waals surface area contributed by atoms with Crippen molar-refractivity contribution < 1.29 is 5.11 Å². The number of aryl methyl sites for hydroxylation is 1. The number of hydrogen-bond donors (Lipinski definition) is 1. The van der Waals surface area contributed by atoms with Gasteiger partial charge in [0.25, 0.3) is 0 Å². The lowest BCUT2D eigenvalue weighted by Gasteiger charge is -2.53. The summed E-state index contributed by atoms with van der Waals surface area (Å²) in [6.45, 7) is 3.06. The Hall–Kier alpha value is -1.87. The van der Waals surface area contributed by atoms with Gasteiger partial charge in [0, 0.05) is 24.7 Å². The van der Waals surface area contributed by atoms with Crippen LogP contribution in [0.1, 0.15) is 50.2 Å². The molecule has 3 nitrogen and oxygen atoms in total. The molecule has 0 radical (unpaired) electrons. The predicted octanol–water partition coefficient (Wildman–Crippen LogP) is 4.30. The highest BCUT2D eigenvalue weighted by atomic mass is 16.3. The summed E-state index contributed by atoms with van der Waals surface area (Å²) in [4.78, 5) is 7.14. The van der Waals surface area contributed by atoms with Gasteiger partial charge < -0.3 is 10.0 Å². The molecule has 0 spiro atoms. The predicted molar refractivity (Wildman–Crippen MR) is 102 cm³/mol. The lowest BCUT2D eigenvalue weighted by molar-refractivity contribution is -0.0690. The summed E-state index contributed by atoms with van der Waals surface area (Å²) in [5, 5.41) is 11.7. The van der Waals surface area contributed by atoms with Crippen LogP contribution in [0.4, 0.5) is 5.82 Å². The third-order valence-corrected chi connectivity index (χ3v) is 6.26. The molecule has 1 aliphatic heterocycles. The van der Waals surface area contributed by atoms with Gasteiger partial charge in [0.2, 0.25) is 0 Å². The van der Waals surface area contributed by atoms with E-state index >= 15 is 0 Å². The van der Waals surface area contributed by atoms with Gasteiger partial charge in [0.15, 0.2) is 0 Å². The molecule has 4 rings (SSSR count). The molecule has 3 atom stereocenters. The topological polar surface area (TPSA) is 36.4 Å². The summed E-state index contributed by atoms with van der Waals surface area (Å²) in [5.41, 5.74) is 1.72. The van der Waals surface area contributed by atoms with Gasteiger partial charge in [-0.3, -0.25) is 0 Å². The Labute approximate surface area is 150 Å². The number of benzene rings is 1. The third-order valence-electron chi connectivity index (χ3n) is 6.26. The number of aromatic nitrogens is 1. The van der Waals surface area contributed by atoms with Crippen molar-refractivity contribution in [3.05, 3.63) is 59.8 Å². The molecule has 25 heavy (non-hydrogen) atoms. The Balaban J connectivity index is 1.68. The molecule has 1 N–H and O–H groups in total. The number of anilines is 1. The average Bonchev–Trinajstić information content (AvgIpc) is 2.69. The Kier molecular flexibility index (Phi) is 4.51. The molecule has 0 unspecified atom stereocenters. The van der Waals surface area contributed by atoms with Crippen molar-refractivity contribution in [1.82, 2.24) is 4.98 Å². The SMILES string of the molecule is CCc1ccnc(N2CC[C@](O)(c3ccccc3)[C@H]3CCCC[C@H]32)c1. The second kappa shape index (κ2) is 6.80. The van der Waals surface area contributed by atoms with Gasteiger partial charge in [-0.05, 0) is 48.9 Å². The Morgan fingerprint density at radius 2 is 1.96 bits per heavy atom. The van der Waals surface area contributed by atoms with Crippen LogP contribution in [-0.4, -0.2) is 22.7 Å². The number of pyridine rings is 1. The van der Waals surface area contributed by atoms with Gasteiger partial charge in [-0.2, -0.15) is 0 Å². The van der Waals surface area contributed by atoms with E-state index < -0.39 is 5.60 Å². The zero-order valence-electron chi connectivity index (χ0n) is 15.1. The Morgan fingerprint density at radius 3 is 2.76 bits per heavy atom.